The van der Waals surface area contributed by atoms with E-state index < -0.39 is 16.2 Å². The van der Waals surface area contributed by atoms with E-state index in [1.54, 1.807) is 12.1 Å². The zero-order valence-electron chi connectivity index (χ0n) is 12.2. The first-order valence-corrected chi connectivity index (χ1v) is 9.06. The topological polar surface area (TPSA) is 83.9 Å². The molecule has 1 aromatic rings. The van der Waals surface area contributed by atoms with Crippen molar-refractivity contribution in [1.29, 1.82) is 0 Å². The minimum atomic E-state index is -3.48. The monoisotopic (exact) mass is 347 g/mol. The number of piperidine rings is 1. The van der Waals surface area contributed by atoms with E-state index in [9.17, 15) is 13.2 Å². The summed E-state index contributed by atoms with van der Waals surface area (Å²) >= 11 is 6.28. The SMILES string of the molecule is CS(=O)(=O)OCc1ccc(C2CCN(C(=O)O)CC2)c(Cl)c1. The van der Waals surface area contributed by atoms with Crippen molar-refractivity contribution in [2.45, 2.75) is 25.4 Å². The molecule has 1 aliphatic rings. The van der Waals surface area contributed by atoms with E-state index in [-0.39, 0.29) is 12.5 Å². The predicted octanol–water partition coefficient (Wildman–Crippen LogP) is 2.67. The number of carbonyl (C=O) groups is 1. The van der Waals surface area contributed by atoms with Crippen LogP contribution in [0.25, 0.3) is 0 Å². The minimum absolute atomic E-state index is 0.0453. The Balaban J connectivity index is 2.03. The Hall–Kier alpha value is -1.31. The molecule has 0 unspecified atom stereocenters. The summed E-state index contributed by atoms with van der Waals surface area (Å²) in [7, 11) is -3.48. The molecular formula is C14H18ClNO5S. The van der Waals surface area contributed by atoms with Gasteiger partial charge in [0.2, 0.25) is 0 Å². The number of rotatable bonds is 4. The number of hydrogen-bond acceptors (Lipinski definition) is 4. The van der Waals surface area contributed by atoms with Crippen LogP contribution in [0.2, 0.25) is 5.02 Å². The first-order valence-electron chi connectivity index (χ1n) is 6.87. The number of likely N-dealkylation sites (tertiary alicyclic amines) is 1. The highest BCUT2D eigenvalue weighted by Crippen LogP contribution is 2.33. The molecule has 1 fully saturated rings. The molecule has 0 spiro atoms. The summed E-state index contributed by atoms with van der Waals surface area (Å²) in [6.07, 6.45) is 1.56. The van der Waals surface area contributed by atoms with Gasteiger partial charge < -0.3 is 10.0 Å². The smallest absolute Gasteiger partial charge is 0.407 e. The molecule has 1 aromatic carbocycles. The maximum atomic E-state index is 11.0. The van der Waals surface area contributed by atoms with E-state index in [2.05, 4.69) is 0 Å². The largest absolute Gasteiger partial charge is 0.465 e. The van der Waals surface area contributed by atoms with Crippen molar-refractivity contribution in [2.75, 3.05) is 19.3 Å². The van der Waals surface area contributed by atoms with Crippen LogP contribution in [0, 0.1) is 0 Å². The summed E-state index contributed by atoms with van der Waals surface area (Å²) in [5.74, 6) is 0.216. The third kappa shape index (κ3) is 4.59. The molecule has 0 atom stereocenters. The molecular weight excluding hydrogens is 330 g/mol. The second-order valence-electron chi connectivity index (χ2n) is 5.37. The molecule has 6 nitrogen and oxygen atoms in total. The van der Waals surface area contributed by atoms with Gasteiger partial charge in [-0.15, -0.1) is 0 Å². The van der Waals surface area contributed by atoms with E-state index in [0.29, 0.717) is 23.7 Å². The van der Waals surface area contributed by atoms with E-state index >= 15 is 0 Å². The Kier molecular flexibility index (Phi) is 5.31. The van der Waals surface area contributed by atoms with Gasteiger partial charge in [-0.2, -0.15) is 8.42 Å². The van der Waals surface area contributed by atoms with Crippen LogP contribution in [0.3, 0.4) is 0 Å². The summed E-state index contributed by atoms with van der Waals surface area (Å²) in [4.78, 5) is 12.3. The fourth-order valence-electron chi connectivity index (χ4n) is 2.55. The molecule has 0 aliphatic carbocycles. The van der Waals surface area contributed by atoms with Crippen molar-refractivity contribution in [1.82, 2.24) is 4.90 Å². The Labute approximate surface area is 134 Å². The van der Waals surface area contributed by atoms with Crippen molar-refractivity contribution in [3.63, 3.8) is 0 Å². The van der Waals surface area contributed by atoms with Crippen LogP contribution in [-0.4, -0.2) is 43.9 Å². The lowest BCUT2D eigenvalue weighted by atomic mass is 9.89. The Bertz CT molecular complexity index is 653. The van der Waals surface area contributed by atoms with Crippen LogP contribution in [0.15, 0.2) is 18.2 Å². The van der Waals surface area contributed by atoms with Crippen molar-refractivity contribution < 1.29 is 22.5 Å². The van der Waals surface area contributed by atoms with Gasteiger partial charge in [-0.05, 0) is 36.0 Å². The Morgan fingerprint density at radius 3 is 2.55 bits per heavy atom. The molecule has 2 rings (SSSR count). The fourth-order valence-corrected chi connectivity index (χ4v) is 3.26. The van der Waals surface area contributed by atoms with Gasteiger partial charge in [0, 0.05) is 18.1 Å². The highest BCUT2D eigenvalue weighted by atomic mass is 35.5. The van der Waals surface area contributed by atoms with Gasteiger partial charge in [0.15, 0.2) is 0 Å². The van der Waals surface area contributed by atoms with Gasteiger partial charge in [-0.1, -0.05) is 23.7 Å². The summed E-state index contributed by atoms with van der Waals surface area (Å²) in [6, 6.07) is 5.35. The zero-order valence-corrected chi connectivity index (χ0v) is 13.7. The van der Waals surface area contributed by atoms with E-state index in [0.717, 1.165) is 24.7 Å². The standard InChI is InChI=1S/C14H18ClNO5S/c1-22(19,20)21-9-10-2-3-12(13(15)8-10)11-4-6-16(7-5-11)14(17)18/h2-3,8,11H,4-7,9H2,1H3,(H,17,18). The molecule has 22 heavy (non-hydrogen) atoms. The van der Waals surface area contributed by atoms with Gasteiger partial charge >= 0.3 is 6.09 Å². The quantitative estimate of drug-likeness (QED) is 0.846. The highest BCUT2D eigenvalue weighted by molar-refractivity contribution is 7.85. The summed E-state index contributed by atoms with van der Waals surface area (Å²) in [6.45, 7) is 0.945. The number of benzene rings is 1. The maximum absolute atomic E-state index is 11.0. The molecule has 1 N–H and O–H groups in total. The molecule has 122 valence electrons. The van der Waals surface area contributed by atoms with Crippen LogP contribution >= 0.6 is 11.6 Å². The van der Waals surface area contributed by atoms with Gasteiger partial charge in [-0.25, -0.2) is 4.79 Å². The fraction of sp³-hybridized carbons (Fsp3) is 0.500. The van der Waals surface area contributed by atoms with Crippen LogP contribution in [0.4, 0.5) is 4.79 Å². The first kappa shape index (κ1) is 17.1. The predicted molar refractivity (Wildman–Crippen MR) is 82.7 cm³/mol. The van der Waals surface area contributed by atoms with Crippen LogP contribution < -0.4 is 0 Å². The summed E-state index contributed by atoms with van der Waals surface area (Å²) in [5.41, 5.74) is 1.65. The van der Waals surface area contributed by atoms with Gasteiger partial charge in [0.25, 0.3) is 10.1 Å². The van der Waals surface area contributed by atoms with E-state index in [4.69, 9.17) is 20.9 Å². The lowest BCUT2D eigenvalue weighted by Crippen LogP contribution is -2.36. The van der Waals surface area contributed by atoms with Crippen LogP contribution in [0.5, 0.6) is 0 Å². The molecule has 1 amide bonds. The number of amides is 1. The van der Waals surface area contributed by atoms with E-state index in [1.807, 2.05) is 6.07 Å². The van der Waals surface area contributed by atoms with Crippen LogP contribution in [-0.2, 0) is 20.9 Å². The first-order chi connectivity index (χ1) is 10.3. The third-order valence-corrected chi connectivity index (χ3v) is 4.58. The van der Waals surface area contributed by atoms with E-state index in [1.165, 1.54) is 4.90 Å². The summed E-state index contributed by atoms with van der Waals surface area (Å²) in [5, 5.41) is 9.51. The average molecular weight is 348 g/mol. The minimum Gasteiger partial charge on any atom is -0.465 e. The van der Waals surface area contributed by atoms with Gasteiger partial charge in [0.05, 0.1) is 12.9 Å². The highest BCUT2D eigenvalue weighted by Gasteiger charge is 2.24. The Morgan fingerprint density at radius 1 is 1.41 bits per heavy atom. The summed E-state index contributed by atoms with van der Waals surface area (Å²) < 4.78 is 26.7. The number of hydrogen-bond donors (Lipinski definition) is 1. The second kappa shape index (κ2) is 6.85. The van der Waals surface area contributed by atoms with Crippen LogP contribution in [0.1, 0.15) is 29.9 Å². The molecule has 1 saturated heterocycles. The number of halogens is 1. The van der Waals surface area contributed by atoms with Gasteiger partial charge in [-0.3, -0.25) is 4.18 Å². The number of carboxylic acid groups (broad SMARTS) is 1. The van der Waals surface area contributed by atoms with Crippen molar-refractivity contribution in [2.24, 2.45) is 0 Å². The average Bonchev–Trinajstić information content (AvgIpc) is 2.44. The Morgan fingerprint density at radius 2 is 2.05 bits per heavy atom. The molecule has 0 bridgehead atoms. The number of nitrogens with zero attached hydrogens (tertiary/aromatic N) is 1. The van der Waals surface area contributed by atoms with Crippen molar-refractivity contribution in [3.8, 4) is 0 Å². The van der Waals surface area contributed by atoms with Gasteiger partial charge in [0.1, 0.15) is 0 Å². The normalized spacial score (nSPS) is 16.7. The maximum Gasteiger partial charge on any atom is 0.407 e. The molecule has 0 saturated carbocycles. The molecule has 8 heteroatoms. The van der Waals surface area contributed by atoms with Crippen molar-refractivity contribution in [3.05, 3.63) is 34.3 Å². The third-order valence-electron chi connectivity index (χ3n) is 3.71. The second-order valence-corrected chi connectivity index (χ2v) is 7.42. The zero-order chi connectivity index (χ0) is 16.3. The molecule has 0 aromatic heterocycles. The molecule has 0 radical (unpaired) electrons. The molecule has 1 heterocycles. The lowest BCUT2D eigenvalue weighted by Gasteiger charge is -2.30. The van der Waals surface area contributed by atoms with Crippen molar-refractivity contribution >= 4 is 27.8 Å². The molecule has 1 aliphatic heterocycles. The lowest BCUT2D eigenvalue weighted by molar-refractivity contribution is 0.132.